The van der Waals surface area contributed by atoms with Gasteiger partial charge in [-0.2, -0.15) is 0 Å². The number of benzene rings is 2. The lowest BCUT2D eigenvalue weighted by Crippen LogP contribution is -2.34. The molecule has 1 saturated heterocycles. The first-order valence-corrected chi connectivity index (χ1v) is 11.6. The zero-order valence-electron chi connectivity index (χ0n) is 17.0. The number of carbonyl (C=O) groups is 3. The molecule has 1 saturated carbocycles. The highest BCUT2D eigenvalue weighted by Crippen LogP contribution is 2.38. The Hall–Kier alpha value is -3.06. The average molecular weight is 434 g/mol. The number of likely N-dealkylation sites (tertiary alicyclic amines) is 1. The highest BCUT2D eigenvalue weighted by Gasteiger charge is 2.47. The lowest BCUT2D eigenvalue weighted by Gasteiger charge is -2.19. The van der Waals surface area contributed by atoms with Crippen LogP contribution in [0.4, 0.5) is 5.13 Å². The van der Waals surface area contributed by atoms with Crippen molar-refractivity contribution in [1.29, 1.82) is 0 Å². The van der Waals surface area contributed by atoms with Crippen molar-refractivity contribution in [2.24, 2.45) is 11.8 Å². The van der Waals surface area contributed by atoms with Crippen molar-refractivity contribution in [1.82, 2.24) is 9.88 Å². The van der Waals surface area contributed by atoms with Crippen LogP contribution in [0.1, 0.15) is 32.1 Å². The Labute approximate surface area is 184 Å². The number of anilines is 1. The number of fused-ring (bicyclic) bond motifs is 2. The molecular weight excluding hydrogens is 410 g/mol. The maximum atomic E-state index is 12.5. The number of rotatable bonds is 5. The third-order valence-electron chi connectivity index (χ3n) is 6.29. The molecule has 2 fully saturated rings. The van der Waals surface area contributed by atoms with Gasteiger partial charge in [-0.3, -0.25) is 19.3 Å². The summed E-state index contributed by atoms with van der Waals surface area (Å²) in [5, 5.41) is 7.54. The monoisotopic (exact) mass is 433 g/mol. The normalized spacial score (nSPS) is 20.8. The zero-order valence-corrected chi connectivity index (χ0v) is 17.9. The second-order valence-corrected chi connectivity index (χ2v) is 9.08. The SMILES string of the molecule is O=C(CCN1C(=O)C2CCCCC2C1=O)Nc1nc(-c2ccc3ccccc3c2)cs1. The molecule has 2 unspecified atom stereocenters. The number of aromatic nitrogens is 1. The second-order valence-electron chi connectivity index (χ2n) is 8.22. The molecule has 1 aliphatic carbocycles. The van der Waals surface area contributed by atoms with Gasteiger partial charge in [0.2, 0.25) is 17.7 Å². The van der Waals surface area contributed by atoms with Gasteiger partial charge in [-0.25, -0.2) is 4.98 Å². The Morgan fingerprint density at radius 3 is 2.48 bits per heavy atom. The van der Waals surface area contributed by atoms with Gasteiger partial charge in [0.1, 0.15) is 0 Å². The van der Waals surface area contributed by atoms with Crippen LogP contribution in [0.5, 0.6) is 0 Å². The lowest BCUT2D eigenvalue weighted by molar-refractivity contribution is -0.140. The molecule has 5 rings (SSSR count). The van der Waals surface area contributed by atoms with Gasteiger partial charge in [0, 0.05) is 23.9 Å². The van der Waals surface area contributed by atoms with Crippen LogP contribution in [0, 0.1) is 11.8 Å². The van der Waals surface area contributed by atoms with Gasteiger partial charge in [-0.1, -0.05) is 49.2 Å². The van der Waals surface area contributed by atoms with Crippen LogP contribution in [0.2, 0.25) is 0 Å². The predicted octanol–water partition coefficient (Wildman–Crippen LogP) is 4.47. The van der Waals surface area contributed by atoms with Crippen molar-refractivity contribution < 1.29 is 14.4 Å². The van der Waals surface area contributed by atoms with Crippen molar-refractivity contribution in [2.75, 3.05) is 11.9 Å². The number of carbonyl (C=O) groups excluding carboxylic acids is 3. The minimum Gasteiger partial charge on any atom is -0.302 e. The van der Waals surface area contributed by atoms with Crippen molar-refractivity contribution >= 4 is 45.0 Å². The first-order chi connectivity index (χ1) is 15.1. The summed E-state index contributed by atoms with van der Waals surface area (Å²) < 4.78 is 0. The average Bonchev–Trinajstić information content (AvgIpc) is 3.35. The van der Waals surface area contributed by atoms with E-state index in [1.54, 1.807) is 0 Å². The number of amides is 3. The van der Waals surface area contributed by atoms with Crippen LogP contribution in [0.15, 0.2) is 47.8 Å². The van der Waals surface area contributed by atoms with Crippen LogP contribution in [0.3, 0.4) is 0 Å². The maximum Gasteiger partial charge on any atom is 0.233 e. The van der Waals surface area contributed by atoms with Gasteiger partial charge in [0.05, 0.1) is 17.5 Å². The summed E-state index contributed by atoms with van der Waals surface area (Å²) in [6.07, 6.45) is 3.65. The first-order valence-electron chi connectivity index (χ1n) is 10.7. The molecule has 158 valence electrons. The zero-order chi connectivity index (χ0) is 21.4. The lowest BCUT2D eigenvalue weighted by atomic mass is 9.81. The second kappa shape index (κ2) is 8.23. The maximum absolute atomic E-state index is 12.5. The summed E-state index contributed by atoms with van der Waals surface area (Å²) in [6.45, 7) is 0.138. The van der Waals surface area contributed by atoms with Crippen LogP contribution in [0.25, 0.3) is 22.0 Å². The molecule has 0 bridgehead atoms. The smallest absolute Gasteiger partial charge is 0.233 e. The summed E-state index contributed by atoms with van der Waals surface area (Å²) in [5.74, 6) is -0.791. The molecule has 0 spiro atoms. The number of hydrogen-bond acceptors (Lipinski definition) is 5. The fraction of sp³-hybridized carbons (Fsp3) is 0.333. The van der Waals surface area contributed by atoms with E-state index in [0.29, 0.717) is 5.13 Å². The Morgan fingerprint density at radius 2 is 1.74 bits per heavy atom. The Kier molecular flexibility index (Phi) is 5.28. The van der Waals surface area contributed by atoms with Gasteiger partial charge in [0.15, 0.2) is 5.13 Å². The Morgan fingerprint density at radius 1 is 1.03 bits per heavy atom. The molecule has 3 amide bonds. The quantitative estimate of drug-likeness (QED) is 0.602. The summed E-state index contributed by atoms with van der Waals surface area (Å²) in [7, 11) is 0. The fourth-order valence-electron chi connectivity index (χ4n) is 4.66. The van der Waals surface area contributed by atoms with Crippen LogP contribution >= 0.6 is 11.3 Å². The molecule has 2 atom stereocenters. The number of nitrogens with zero attached hydrogens (tertiary/aromatic N) is 2. The Bertz CT molecular complexity index is 1150. The van der Waals surface area contributed by atoms with E-state index in [1.807, 2.05) is 23.6 Å². The largest absolute Gasteiger partial charge is 0.302 e. The van der Waals surface area contributed by atoms with E-state index in [-0.39, 0.29) is 42.5 Å². The van der Waals surface area contributed by atoms with E-state index in [0.717, 1.165) is 42.3 Å². The van der Waals surface area contributed by atoms with Crippen molar-refractivity contribution in [3.8, 4) is 11.3 Å². The fourth-order valence-corrected chi connectivity index (χ4v) is 5.39. The highest BCUT2D eigenvalue weighted by atomic mass is 32.1. The summed E-state index contributed by atoms with van der Waals surface area (Å²) in [6, 6.07) is 14.3. The number of hydrogen-bond donors (Lipinski definition) is 1. The van der Waals surface area contributed by atoms with Crippen molar-refractivity contribution in [3.05, 3.63) is 47.8 Å². The van der Waals surface area contributed by atoms with Crippen molar-refractivity contribution in [3.63, 3.8) is 0 Å². The number of thiazole rings is 1. The van der Waals surface area contributed by atoms with E-state index in [9.17, 15) is 14.4 Å². The van der Waals surface area contributed by atoms with Gasteiger partial charge >= 0.3 is 0 Å². The van der Waals surface area contributed by atoms with Gasteiger partial charge in [-0.05, 0) is 29.7 Å². The van der Waals surface area contributed by atoms with Crippen LogP contribution in [-0.4, -0.2) is 34.2 Å². The molecular formula is C24H23N3O3S. The third-order valence-corrected chi connectivity index (χ3v) is 7.05. The Balaban J connectivity index is 1.21. The molecule has 6 nitrogen and oxygen atoms in total. The number of imide groups is 1. The van der Waals surface area contributed by atoms with E-state index in [4.69, 9.17) is 0 Å². The van der Waals surface area contributed by atoms with E-state index in [1.165, 1.54) is 21.6 Å². The first kappa shape index (κ1) is 19.9. The molecule has 2 aromatic carbocycles. The molecule has 2 heterocycles. The number of nitrogens with one attached hydrogen (secondary N) is 1. The summed E-state index contributed by atoms with van der Waals surface area (Å²) >= 11 is 1.36. The minimum absolute atomic E-state index is 0.0851. The van der Waals surface area contributed by atoms with Gasteiger partial charge in [0.25, 0.3) is 0 Å². The van der Waals surface area contributed by atoms with Gasteiger partial charge < -0.3 is 5.32 Å². The molecule has 3 aromatic rings. The standard InChI is InChI=1S/C24H23N3O3S/c28-21(11-12-27-22(29)18-7-3-4-8-19(18)23(27)30)26-24-25-20(14-31-24)17-10-9-15-5-1-2-6-16(15)13-17/h1-2,5-6,9-10,13-14,18-19H,3-4,7-8,11-12H2,(H,25,26,28). The summed E-state index contributed by atoms with van der Waals surface area (Å²) in [4.78, 5) is 43.3. The molecule has 2 aliphatic rings. The van der Waals surface area contributed by atoms with Crippen LogP contribution in [-0.2, 0) is 14.4 Å². The summed E-state index contributed by atoms with van der Waals surface area (Å²) in [5.41, 5.74) is 1.80. The minimum atomic E-state index is -0.241. The molecule has 1 aliphatic heterocycles. The third kappa shape index (κ3) is 3.85. The van der Waals surface area contributed by atoms with Crippen molar-refractivity contribution in [2.45, 2.75) is 32.1 Å². The topological polar surface area (TPSA) is 79.4 Å². The molecule has 7 heteroatoms. The van der Waals surface area contributed by atoms with Crippen LogP contribution < -0.4 is 5.32 Å². The van der Waals surface area contributed by atoms with E-state index < -0.39 is 0 Å². The molecule has 1 aromatic heterocycles. The molecule has 0 radical (unpaired) electrons. The molecule has 31 heavy (non-hydrogen) atoms. The van der Waals surface area contributed by atoms with E-state index >= 15 is 0 Å². The molecule has 1 N–H and O–H groups in total. The van der Waals surface area contributed by atoms with Gasteiger partial charge in [-0.15, -0.1) is 11.3 Å². The van der Waals surface area contributed by atoms with E-state index in [2.05, 4.69) is 34.6 Å². The predicted molar refractivity (Wildman–Crippen MR) is 120 cm³/mol. The highest BCUT2D eigenvalue weighted by molar-refractivity contribution is 7.14.